The van der Waals surface area contributed by atoms with Gasteiger partial charge >= 0.3 is 0 Å². The predicted molar refractivity (Wildman–Crippen MR) is 83.6 cm³/mol. The maximum atomic E-state index is 12.9. The van der Waals surface area contributed by atoms with E-state index in [1.807, 2.05) is 24.3 Å². The maximum absolute atomic E-state index is 12.9. The molecule has 2 aromatic rings. The van der Waals surface area contributed by atoms with Crippen molar-refractivity contribution in [3.05, 3.63) is 46.3 Å². The third-order valence-corrected chi connectivity index (χ3v) is 6.21. The smallest absolute Gasteiger partial charge is 0.268 e. The largest absolute Gasteiger partial charge is 0.452 e. The Balaban J connectivity index is 2.09. The van der Waals surface area contributed by atoms with Crippen LogP contribution in [-0.4, -0.2) is 15.0 Å². The molecular formula is C14H15BrN2O3S. The Morgan fingerprint density at radius 1 is 1.33 bits per heavy atom. The summed E-state index contributed by atoms with van der Waals surface area (Å²) in [5, 5.41) is 0. The van der Waals surface area contributed by atoms with Crippen molar-refractivity contribution < 1.29 is 12.8 Å². The maximum Gasteiger partial charge on any atom is 0.268 e. The summed E-state index contributed by atoms with van der Waals surface area (Å²) >= 11 is 3.17. The minimum absolute atomic E-state index is 0.125. The van der Waals surface area contributed by atoms with Gasteiger partial charge in [-0.2, -0.15) is 0 Å². The number of nitrogens with two attached hydrogens (primary N) is 1. The summed E-state index contributed by atoms with van der Waals surface area (Å²) < 4.78 is 32.8. The summed E-state index contributed by atoms with van der Waals surface area (Å²) in [6, 6.07) is 9.06. The Morgan fingerprint density at radius 3 is 2.81 bits per heavy atom. The topological polar surface area (TPSA) is 76.5 Å². The molecule has 0 saturated carbocycles. The molecule has 1 aromatic heterocycles. The molecule has 0 aliphatic carbocycles. The van der Waals surface area contributed by atoms with Gasteiger partial charge in [0.05, 0.1) is 12.2 Å². The molecule has 7 heteroatoms. The molecule has 3 rings (SSSR count). The molecule has 0 fully saturated rings. The normalized spacial score (nSPS) is 15.0. The highest BCUT2D eigenvalue weighted by molar-refractivity contribution is 9.10. The van der Waals surface area contributed by atoms with Crippen LogP contribution in [0.25, 0.3) is 0 Å². The molecular weight excluding hydrogens is 356 g/mol. The van der Waals surface area contributed by atoms with Crippen LogP contribution in [0.15, 0.2) is 44.3 Å². The third-order valence-electron chi connectivity index (χ3n) is 3.54. The molecule has 1 aliphatic heterocycles. The van der Waals surface area contributed by atoms with E-state index < -0.39 is 10.0 Å². The highest BCUT2D eigenvalue weighted by Gasteiger charge is 2.32. The standard InChI is InChI=1S/C14H15BrN2O3S/c15-14-13(8-11(9-16)20-14)21(18,19)17-7-3-5-10-4-1-2-6-12(10)17/h1-2,4,6,8H,3,5,7,9,16H2. The molecule has 0 amide bonds. The number of nitrogens with zero attached hydrogens (tertiary/aromatic N) is 1. The average molecular weight is 371 g/mol. The molecule has 0 bridgehead atoms. The van der Waals surface area contributed by atoms with Gasteiger partial charge in [-0.25, -0.2) is 8.42 Å². The van der Waals surface area contributed by atoms with Gasteiger partial charge in [-0.15, -0.1) is 0 Å². The van der Waals surface area contributed by atoms with Crippen molar-refractivity contribution in [3.63, 3.8) is 0 Å². The number of para-hydroxylation sites is 1. The van der Waals surface area contributed by atoms with Crippen molar-refractivity contribution >= 4 is 31.6 Å². The molecule has 0 unspecified atom stereocenters. The first-order valence-electron chi connectivity index (χ1n) is 6.63. The van der Waals surface area contributed by atoms with Crippen LogP contribution in [0.1, 0.15) is 17.7 Å². The van der Waals surface area contributed by atoms with Crippen molar-refractivity contribution in [2.24, 2.45) is 5.73 Å². The van der Waals surface area contributed by atoms with Crippen molar-refractivity contribution in [1.82, 2.24) is 0 Å². The van der Waals surface area contributed by atoms with Crippen LogP contribution in [0.4, 0.5) is 5.69 Å². The predicted octanol–water partition coefficient (Wildman–Crippen LogP) is 2.64. The lowest BCUT2D eigenvalue weighted by Gasteiger charge is -2.30. The minimum atomic E-state index is -3.66. The Labute approximate surface area is 131 Å². The van der Waals surface area contributed by atoms with Crippen molar-refractivity contribution in [3.8, 4) is 0 Å². The van der Waals surface area contributed by atoms with E-state index in [0.29, 0.717) is 12.3 Å². The highest BCUT2D eigenvalue weighted by Crippen LogP contribution is 2.35. The zero-order valence-corrected chi connectivity index (χ0v) is 13.7. The summed E-state index contributed by atoms with van der Waals surface area (Å²) in [6.45, 7) is 0.625. The van der Waals surface area contributed by atoms with E-state index in [9.17, 15) is 8.42 Å². The Bertz CT molecular complexity index is 770. The van der Waals surface area contributed by atoms with E-state index in [4.69, 9.17) is 10.2 Å². The molecule has 2 heterocycles. The number of halogens is 1. The summed E-state index contributed by atoms with van der Waals surface area (Å²) in [7, 11) is -3.66. The Kier molecular flexibility index (Phi) is 3.81. The molecule has 1 aliphatic rings. The lowest BCUT2D eigenvalue weighted by molar-refractivity contribution is 0.483. The first-order valence-corrected chi connectivity index (χ1v) is 8.86. The van der Waals surface area contributed by atoms with Gasteiger partial charge in [-0.1, -0.05) is 18.2 Å². The van der Waals surface area contributed by atoms with E-state index in [-0.39, 0.29) is 16.1 Å². The summed E-state index contributed by atoms with van der Waals surface area (Å²) in [5.41, 5.74) is 7.30. The van der Waals surface area contributed by atoms with Gasteiger partial charge in [0.25, 0.3) is 10.0 Å². The number of hydrogen-bond acceptors (Lipinski definition) is 4. The van der Waals surface area contributed by atoms with Crippen molar-refractivity contribution in [2.45, 2.75) is 24.3 Å². The summed E-state index contributed by atoms with van der Waals surface area (Å²) in [5.74, 6) is 0.436. The Morgan fingerprint density at radius 2 is 2.10 bits per heavy atom. The monoisotopic (exact) mass is 370 g/mol. The van der Waals surface area contributed by atoms with Gasteiger partial charge in [0, 0.05) is 12.6 Å². The third kappa shape index (κ3) is 2.49. The van der Waals surface area contributed by atoms with Crippen molar-refractivity contribution in [2.75, 3.05) is 10.8 Å². The Hall–Kier alpha value is -1.31. The molecule has 0 spiro atoms. The average Bonchev–Trinajstić information content (AvgIpc) is 2.88. The minimum Gasteiger partial charge on any atom is -0.452 e. The second kappa shape index (κ2) is 5.47. The van der Waals surface area contributed by atoms with Crippen LogP contribution in [0.3, 0.4) is 0 Å². The SMILES string of the molecule is NCc1cc(S(=O)(=O)N2CCCc3ccccc32)c(Br)o1. The fourth-order valence-corrected chi connectivity index (χ4v) is 5.05. The van der Waals surface area contributed by atoms with E-state index in [1.54, 1.807) is 0 Å². The van der Waals surface area contributed by atoms with Crippen LogP contribution in [0.5, 0.6) is 0 Å². The number of rotatable bonds is 3. The van der Waals surface area contributed by atoms with Gasteiger partial charge in [-0.3, -0.25) is 4.31 Å². The molecule has 112 valence electrons. The van der Waals surface area contributed by atoms with E-state index in [1.165, 1.54) is 10.4 Å². The number of furan rings is 1. The number of benzene rings is 1. The summed E-state index contributed by atoms with van der Waals surface area (Å²) in [4.78, 5) is 0.125. The second-order valence-corrected chi connectivity index (χ2v) is 7.42. The molecule has 0 radical (unpaired) electrons. The van der Waals surface area contributed by atoms with E-state index >= 15 is 0 Å². The van der Waals surface area contributed by atoms with Gasteiger partial charge in [-0.05, 0) is 40.4 Å². The van der Waals surface area contributed by atoms with Crippen LogP contribution < -0.4 is 10.0 Å². The molecule has 21 heavy (non-hydrogen) atoms. The summed E-state index contributed by atoms with van der Waals surface area (Å²) in [6.07, 6.45) is 1.69. The number of aryl methyl sites for hydroxylation is 1. The van der Waals surface area contributed by atoms with Crippen LogP contribution >= 0.6 is 15.9 Å². The van der Waals surface area contributed by atoms with Gasteiger partial charge in [0.1, 0.15) is 10.7 Å². The van der Waals surface area contributed by atoms with Gasteiger partial charge < -0.3 is 10.2 Å². The fourth-order valence-electron chi connectivity index (χ4n) is 2.54. The zero-order valence-electron chi connectivity index (χ0n) is 11.3. The van der Waals surface area contributed by atoms with Crippen LogP contribution in [-0.2, 0) is 23.0 Å². The second-order valence-electron chi connectivity index (χ2n) is 4.86. The van der Waals surface area contributed by atoms with E-state index in [0.717, 1.165) is 24.1 Å². The highest BCUT2D eigenvalue weighted by atomic mass is 79.9. The van der Waals surface area contributed by atoms with Crippen LogP contribution in [0.2, 0.25) is 0 Å². The number of anilines is 1. The lowest BCUT2D eigenvalue weighted by atomic mass is 10.0. The number of fused-ring (bicyclic) bond motifs is 1. The first kappa shape index (κ1) is 14.6. The van der Waals surface area contributed by atoms with E-state index in [2.05, 4.69) is 15.9 Å². The molecule has 1 aromatic carbocycles. The van der Waals surface area contributed by atoms with Gasteiger partial charge in [0.2, 0.25) is 0 Å². The molecule has 0 atom stereocenters. The zero-order chi connectivity index (χ0) is 15.0. The van der Waals surface area contributed by atoms with Crippen molar-refractivity contribution in [1.29, 1.82) is 0 Å². The quantitative estimate of drug-likeness (QED) is 0.900. The fraction of sp³-hybridized carbons (Fsp3) is 0.286. The van der Waals surface area contributed by atoms with Gasteiger partial charge in [0.15, 0.2) is 4.67 Å². The molecule has 5 nitrogen and oxygen atoms in total. The van der Waals surface area contributed by atoms with Crippen LogP contribution in [0, 0.1) is 0 Å². The molecule has 0 saturated heterocycles. The lowest BCUT2D eigenvalue weighted by Crippen LogP contribution is -2.35. The first-order chi connectivity index (χ1) is 10.0. The number of sulfonamides is 1. The number of hydrogen-bond donors (Lipinski definition) is 1. The molecule has 2 N–H and O–H groups in total.